The number of anilines is 2. The highest BCUT2D eigenvalue weighted by Crippen LogP contribution is 2.31. The normalized spacial score (nSPS) is 20.0. The van der Waals surface area contributed by atoms with Gasteiger partial charge in [0.25, 0.3) is 5.91 Å². The van der Waals surface area contributed by atoms with E-state index < -0.39 is 11.9 Å². The van der Waals surface area contributed by atoms with Gasteiger partial charge < -0.3 is 10.2 Å². The van der Waals surface area contributed by atoms with Crippen LogP contribution in [0.25, 0.3) is 0 Å². The zero-order chi connectivity index (χ0) is 22.4. The van der Waals surface area contributed by atoms with Crippen molar-refractivity contribution in [3.8, 4) is 0 Å². The number of fused-ring (bicyclic) bond motifs is 2. The summed E-state index contributed by atoms with van der Waals surface area (Å²) in [5.41, 5.74) is 5.09. The number of urea groups is 1. The Balaban J connectivity index is 1.33. The zero-order valence-electron chi connectivity index (χ0n) is 17.8. The second-order valence-electron chi connectivity index (χ2n) is 8.59. The third-order valence-corrected chi connectivity index (χ3v) is 6.38. The van der Waals surface area contributed by atoms with Crippen molar-refractivity contribution < 1.29 is 19.2 Å². The van der Waals surface area contributed by atoms with Gasteiger partial charge in [-0.2, -0.15) is 0 Å². The van der Waals surface area contributed by atoms with Crippen LogP contribution in [0.1, 0.15) is 46.3 Å². The van der Waals surface area contributed by atoms with Gasteiger partial charge in [0.05, 0.1) is 0 Å². The molecule has 0 aliphatic carbocycles. The highest BCUT2D eigenvalue weighted by atomic mass is 16.2. The first kappa shape index (κ1) is 20.2. The lowest BCUT2D eigenvalue weighted by atomic mass is 10.0. The molecule has 2 aromatic carbocycles. The number of carbonyl (C=O) groups excluding carboxylic acids is 4. The number of aryl methyl sites for hydroxylation is 2. The molecule has 1 atom stereocenters. The van der Waals surface area contributed by atoms with Crippen LogP contribution in [0.5, 0.6) is 0 Å². The minimum Gasteiger partial charge on any atom is -0.322 e. The molecule has 0 radical (unpaired) electrons. The van der Waals surface area contributed by atoms with Crippen molar-refractivity contribution in [1.29, 1.82) is 0 Å². The molecule has 3 aliphatic rings. The van der Waals surface area contributed by atoms with Crippen molar-refractivity contribution in [2.24, 2.45) is 0 Å². The number of hydrogen-bond acceptors (Lipinski definition) is 4. The van der Waals surface area contributed by atoms with E-state index >= 15 is 0 Å². The van der Waals surface area contributed by atoms with Gasteiger partial charge in [-0.15, -0.1) is 0 Å². The summed E-state index contributed by atoms with van der Waals surface area (Å²) >= 11 is 0. The van der Waals surface area contributed by atoms with Gasteiger partial charge in [0.2, 0.25) is 11.8 Å². The van der Waals surface area contributed by atoms with E-state index in [4.69, 9.17) is 0 Å². The molecule has 8 nitrogen and oxygen atoms in total. The van der Waals surface area contributed by atoms with Crippen molar-refractivity contribution in [2.75, 3.05) is 16.8 Å². The van der Waals surface area contributed by atoms with E-state index in [-0.39, 0.29) is 30.8 Å². The average molecular weight is 432 g/mol. The maximum Gasteiger partial charge on any atom is 0.326 e. The Kier molecular flexibility index (Phi) is 4.92. The smallest absolute Gasteiger partial charge is 0.322 e. The highest BCUT2D eigenvalue weighted by Gasteiger charge is 2.39. The quantitative estimate of drug-likeness (QED) is 0.713. The molecule has 8 heteroatoms. The molecule has 2 N–H and O–H groups in total. The van der Waals surface area contributed by atoms with Crippen LogP contribution in [0.15, 0.2) is 36.4 Å². The van der Waals surface area contributed by atoms with Gasteiger partial charge in [0, 0.05) is 36.4 Å². The third-order valence-electron chi connectivity index (χ3n) is 6.38. The molecule has 32 heavy (non-hydrogen) atoms. The lowest BCUT2D eigenvalue weighted by Gasteiger charge is -2.30. The summed E-state index contributed by atoms with van der Waals surface area (Å²) in [5.74, 6) is -0.974. The van der Waals surface area contributed by atoms with Crippen LogP contribution in [0.2, 0.25) is 0 Å². The van der Waals surface area contributed by atoms with Gasteiger partial charge in [0.1, 0.15) is 6.04 Å². The number of carbonyl (C=O) groups is 4. The molecule has 1 fully saturated rings. The predicted octanol–water partition coefficient (Wildman–Crippen LogP) is 2.74. The standard InChI is InChI=1S/C24H24N4O4/c1-14-4-5-15-3-2-10-27(20(15)11-14)24(32)25-17-6-7-18-16(12-17)13-28(23(18)31)19-8-9-21(29)26-22(19)30/h4-7,11-12,19H,2-3,8-10,13H2,1H3,(H,25,32)(H,26,29,30). The second-order valence-corrected chi connectivity index (χ2v) is 8.59. The van der Waals surface area contributed by atoms with E-state index in [0.717, 1.165) is 35.2 Å². The first-order chi connectivity index (χ1) is 15.4. The van der Waals surface area contributed by atoms with Crippen LogP contribution in [0, 0.1) is 6.92 Å². The Labute approximate surface area is 185 Å². The Morgan fingerprint density at radius 2 is 1.91 bits per heavy atom. The second kappa shape index (κ2) is 7.78. The summed E-state index contributed by atoms with van der Waals surface area (Å²) in [4.78, 5) is 52.8. The molecule has 164 valence electrons. The van der Waals surface area contributed by atoms with Gasteiger partial charge >= 0.3 is 6.03 Å². The van der Waals surface area contributed by atoms with Crippen LogP contribution in [-0.2, 0) is 22.6 Å². The van der Waals surface area contributed by atoms with Gasteiger partial charge in [0.15, 0.2) is 0 Å². The van der Waals surface area contributed by atoms with E-state index in [2.05, 4.69) is 22.8 Å². The maximum atomic E-state index is 13.0. The zero-order valence-corrected chi connectivity index (χ0v) is 17.8. The summed E-state index contributed by atoms with van der Waals surface area (Å²) in [5, 5.41) is 5.26. The van der Waals surface area contributed by atoms with Crippen molar-refractivity contribution in [2.45, 2.75) is 45.2 Å². The summed E-state index contributed by atoms with van der Waals surface area (Å²) in [7, 11) is 0. The molecule has 0 aromatic heterocycles. The molecular formula is C24H24N4O4. The number of amides is 5. The molecule has 1 unspecified atom stereocenters. The van der Waals surface area contributed by atoms with Crippen LogP contribution in [0.3, 0.4) is 0 Å². The maximum absolute atomic E-state index is 13.0. The topological polar surface area (TPSA) is 98.8 Å². The first-order valence-corrected chi connectivity index (χ1v) is 10.9. The molecule has 2 aromatic rings. The molecule has 0 bridgehead atoms. The van der Waals surface area contributed by atoms with E-state index in [0.29, 0.717) is 24.2 Å². The number of nitrogens with zero attached hydrogens (tertiary/aromatic N) is 2. The number of rotatable bonds is 2. The first-order valence-electron chi connectivity index (χ1n) is 10.9. The Bertz CT molecular complexity index is 1160. The van der Waals surface area contributed by atoms with E-state index in [9.17, 15) is 19.2 Å². The number of imide groups is 1. The monoisotopic (exact) mass is 432 g/mol. The molecule has 3 aliphatic heterocycles. The molecule has 0 saturated carbocycles. The Morgan fingerprint density at radius 1 is 1.06 bits per heavy atom. The predicted molar refractivity (Wildman–Crippen MR) is 118 cm³/mol. The van der Waals surface area contributed by atoms with Gasteiger partial charge in [-0.3, -0.25) is 24.6 Å². The van der Waals surface area contributed by atoms with Crippen LogP contribution < -0.4 is 15.5 Å². The number of nitrogens with one attached hydrogen (secondary N) is 2. The van der Waals surface area contributed by atoms with Crippen molar-refractivity contribution in [3.05, 3.63) is 58.7 Å². The summed E-state index contributed by atoms with van der Waals surface area (Å²) in [6.45, 7) is 2.93. The number of benzene rings is 2. The Morgan fingerprint density at radius 3 is 2.72 bits per heavy atom. The van der Waals surface area contributed by atoms with Crippen LogP contribution in [0.4, 0.5) is 16.2 Å². The fourth-order valence-corrected chi connectivity index (χ4v) is 4.74. The highest BCUT2D eigenvalue weighted by molar-refractivity contribution is 6.06. The van der Waals surface area contributed by atoms with E-state index in [1.807, 2.05) is 13.0 Å². The largest absolute Gasteiger partial charge is 0.326 e. The molecule has 5 amide bonds. The van der Waals surface area contributed by atoms with Crippen molar-refractivity contribution in [3.63, 3.8) is 0 Å². The minimum atomic E-state index is -0.654. The fraction of sp³-hybridized carbons (Fsp3) is 0.333. The van der Waals surface area contributed by atoms with E-state index in [1.165, 1.54) is 4.90 Å². The van der Waals surface area contributed by atoms with Gasteiger partial charge in [-0.05, 0) is 67.1 Å². The molecule has 3 heterocycles. The Hall–Kier alpha value is -3.68. The third kappa shape index (κ3) is 3.51. The molecule has 1 saturated heterocycles. The van der Waals surface area contributed by atoms with Crippen LogP contribution in [-0.4, -0.2) is 41.2 Å². The summed E-state index contributed by atoms with van der Waals surface area (Å²) < 4.78 is 0. The summed E-state index contributed by atoms with van der Waals surface area (Å²) in [6, 6.07) is 10.5. The molecular weight excluding hydrogens is 408 g/mol. The lowest BCUT2D eigenvalue weighted by Crippen LogP contribution is -2.52. The van der Waals surface area contributed by atoms with Crippen molar-refractivity contribution in [1.82, 2.24) is 10.2 Å². The van der Waals surface area contributed by atoms with Gasteiger partial charge in [-0.25, -0.2) is 4.79 Å². The van der Waals surface area contributed by atoms with E-state index in [1.54, 1.807) is 23.1 Å². The molecule has 0 spiro atoms. The SMILES string of the molecule is Cc1ccc2c(c1)N(C(=O)Nc1ccc3c(c1)CN(C1CCC(=O)NC1=O)C3=O)CCC2. The number of piperidine rings is 1. The van der Waals surface area contributed by atoms with Crippen molar-refractivity contribution >= 4 is 35.1 Å². The minimum absolute atomic E-state index is 0.206. The van der Waals surface area contributed by atoms with Gasteiger partial charge in [-0.1, -0.05) is 12.1 Å². The lowest BCUT2D eigenvalue weighted by molar-refractivity contribution is -0.136. The average Bonchev–Trinajstić information content (AvgIpc) is 3.08. The fourth-order valence-electron chi connectivity index (χ4n) is 4.74. The summed E-state index contributed by atoms with van der Waals surface area (Å²) in [6.07, 6.45) is 2.40. The van der Waals surface area contributed by atoms with Crippen LogP contribution >= 0.6 is 0 Å². The number of hydrogen-bond donors (Lipinski definition) is 2. The molecule has 5 rings (SSSR count).